The highest BCUT2D eigenvalue weighted by atomic mass is 32.1. The van der Waals surface area contributed by atoms with Gasteiger partial charge in [0.25, 0.3) is 0 Å². The summed E-state index contributed by atoms with van der Waals surface area (Å²) in [4.78, 5) is 16.0. The Kier molecular flexibility index (Phi) is 6.63. The van der Waals surface area contributed by atoms with E-state index in [0.717, 1.165) is 11.3 Å². The maximum absolute atomic E-state index is 12.5. The number of carbonyl (C=O) groups is 1. The average Bonchev–Trinajstić information content (AvgIpc) is 3.17. The standard InChI is InChI=1S/C19H18F3N5O2S/c1-11(28)25-16(8-14-6-5-12(9-23)10-24-14)18-27-26-17(30-18)13-3-2-4-15(7-13)29-19(20,21)22/h2-7,10,16H,8-9,23H2,1H3,(H,25,28). The van der Waals surface area contributed by atoms with Crippen LogP contribution in [0.25, 0.3) is 10.6 Å². The molecule has 0 saturated carbocycles. The highest BCUT2D eigenvalue weighted by Crippen LogP contribution is 2.31. The second-order valence-corrected chi connectivity index (χ2v) is 7.35. The summed E-state index contributed by atoms with van der Waals surface area (Å²) >= 11 is 1.17. The van der Waals surface area contributed by atoms with E-state index in [0.29, 0.717) is 28.5 Å². The number of rotatable bonds is 7. The molecule has 11 heteroatoms. The molecular formula is C19H18F3N5O2S. The van der Waals surface area contributed by atoms with Crippen molar-refractivity contribution in [1.29, 1.82) is 0 Å². The lowest BCUT2D eigenvalue weighted by Gasteiger charge is -2.14. The summed E-state index contributed by atoms with van der Waals surface area (Å²) in [5, 5.41) is 11.9. The van der Waals surface area contributed by atoms with Crippen molar-refractivity contribution in [2.24, 2.45) is 5.73 Å². The first-order chi connectivity index (χ1) is 14.2. The van der Waals surface area contributed by atoms with E-state index in [1.807, 2.05) is 12.1 Å². The van der Waals surface area contributed by atoms with E-state index in [1.54, 1.807) is 12.3 Å². The Hall–Kier alpha value is -3.05. The topological polar surface area (TPSA) is 103 Å². The van der Waals surface area contributed by atoms with Crippen molar-refractivity contribution in [3.63, 3.8) is 0 Å². The van der Waals surface area contributed by atoms with Gasteiger partial charge < -0.3 is 15.8 Å². The molecule has 1 amide bonds. The number of benzene rings is 1. The van der Waals surface area contributed by atoms with E-state index in [1.165, 1.54) is 36.5 Å². The van der Waals surface area contributed by atoms with Gasteiger partial charge in [-0.1, -0.05) is 29.5 Å². The largest absolute Gasteiger partial charge is 0.573 e. The van der Waals surface area contributed by atoms with Crippen LogP contribution in [-0.4, -0.2) is 27.5 Å². The second-order valence-electron chi connectivity index (χ2n) is 6.34. The van der Waals surface area contributed by atoms with Crippen LogP contribution in [-0.2, 0) is 17.8 Å². The summed E-state index contributed by atoms with van der Waals surface area (Å²) in [7, 11) is 0. The molecule has 3 N–H and O–H groups in total. The minimum absolute atomic E-state index is 0.254. The minimum Gasteiger partial charge on any atom is -0.406 e. The number of hydrogen-bond donors (Lipinski definition) is 2. The first-order valence-corrected chi connectivity index (χ1v) is 9.65. The quantitative estimate of drug-likeness (QED) is 0.588. The molecule has 7 nitrogen and oxygen atoms in total. The highest BCUT2D eigenvalue weighted by Gasteiger charge is 2.31. The van der Waals surface area contributed by atoms with Crippen molar-refractivity contribution in [3.8, 4) is 16.3 Å². The molecule has 0 spiro atoms. The fourth-order valence-corrected chi connectivity index (χ4v) is 3.56. The van der Waals surface area contributed by atoms with E-state index in [4.69, 9.17) is 5.73 Å². The van der Waals surface area contributed by atoms with Crippen LogP contribution < -0.4 is 15.8 Å². The highest BCUT2D eigenvalue weighted by molar-refractivity contribution is 7.14. The fraction of sp³-hybridized carbons (Fsp3) is 0.263. The van der Waals surface area contributed by atoms with Crippen molar-refractivity contribution in [3.05, 3.63) is 58.9 Å². The van der Waals surface area contributed by atoms with Gasteiger partial charge in [0.15, 0.2) is 0 Å². The van der Waals surface area contributed by atoms with E-state index in [2.05, 4.69) is 25.2 Å². The number of hydrogen-bond acceptors (Lipinski definition) is 7. The molecule has 3 rings (SSSR count). The predicted octanol–water partition coefficient (Wildman–Crippen LogP) is 3.38. The van der Waals surface area contributed by atoms with Crippen molar-refractivity contribution in [2.75, 3.05) is 0 Å². The van der Waals surface area contributed by atoms with Gasteiger partial charge in [-0.25, -0.2) is 0 Å². The average molecular weight is 437 g/mol. The van der Waals surface area contributed by atoms with E-state index < -0.39 is 12.4 Å². The number of amides is 1. The molecule has 0 aliphatic carbocycles. The monoisotopic (exact) mass is 437 g/mol. The maximum Gasteiger partial charge on any atom is 0.573 e. The lowest BCUT2D eigenvalue weighted by Crippen LogP contribution is -2.27. The molecule has 0 aliphatic heterocycles. The van der Waals surface area contributed by atoms with Gasteiger partial charge in [0.2, 0.25) is 5.91 Å². The molecule has 0 aliphatic rings. The third-order valence-corrected chi connectivity index (χ3v) is 5.05. The van der Waals surface area contributed by atoms with Crippen LogP contribution in [0.1, 0.15) is 29.2 Å². The lowest BCUT2D eigenvalue weighted by atomic mass is 10.1. The Labute approximate surface area is 174 Å². The third kappa shape index (κ3) is 5.97. The van der Waals surface area contributed by atoms with Crippen molar-refractivity contribution >= 4 is 17.2 Å². The summed E-state index contributed by atoms with van der Waals surface area (Å²) in [6, 6.07) is 8.66. The van der Waals surface area contributed by atoms with E-state index in [9.17, 15) is 18.0 Å². The lowest BCUT2D eigenvalue weighted by molar-refractivity contribution is -0.274. The van der Waals surface area contributed by atoms with Crippen molar-refractivity contribution < 1.29 is 22.7 Å². The Balaban J connectivity index is 1.83. The van der Waals surface area contributed by atoms with Crippen LogP contribution in [0, 0.1) is 0 Å². The zero-order valence-corrected chi connectivity index (χ0v) is 16.6. The number of nitrogens with one attached hydrogen (secondary N) is 1. The molecule has 0 fully saturated rings. The van der Waals surface area contributed by atoms with Crippen LogP contribution in [0.5, 0.6) is 5.75 Å². The fourth-order valence-electron chi connectivity index (χ4n) is 2.67. The van der Waals surface area contributed by atoms with Gasteiger partial charge >= 0.3 is 6.36 Å². The normalized spacial score (nSPS) is 12.4. The summed E-state index contributed by atoms with van der Waals surface area (Å²) in [6.45, 7) is 1.76. The molecule has 2 aromatic heterocycles. The molecule has 1 atom stereocenters. The Morgan fingerprint density at radius 2 is 2.07 bits per heavy atom. The first-order valence-electron chi connectivity index (χ1n) is 8.84. The molecule has 2 heterocycles. The summed E-state index contributed by atoms with van der Waals surface area (Å²) in [6.07, 6.45) is -2.75. The number of carbonyl (C=O) groups excluding carboxylic acids is 1. The van der Waals surface area contributed by atoms with Crippen molar-refractivity contribution in [1.82, 2.24) is 20.5 Å². The second kappa shape index (κ2) is 9.18. The van der Waals surface area contributed by atoms with Gasteiger partial charge in [0, 0.05) is 37.3 Å². The van der Waals surface area contributed by atoms with Crippen LogP contribution in [0.4, 0.5) is 13.2 Å². The number of halogens is 3. The molecule has 158 valence electrons. The van der Waals surface area contributed by atoms with Gasteiger partial charge in [0.05, 0.1) is 6.04 Å². The Morgan fingerprint density at radius 1 is 1.27 bits per heavy atom. The van der Waals surface area contributed by atoms with Gasteiger partial charge in [-0.05, 0) is 23.8 Å². The van der Waals surface area contributed by atoms with Gasteiger partial charge in [-0.15, -0.1) is 23.4 Å². The maximum atomic E-state index is 12.5. The molecule has 1 unspecified atom stereocenters. The number of nitrogens with two attached hydrogens (primary N) is 1. The molecule has 1 aromatic carbocycles. The number of nitrogens with zero attached hydrogens (tertiary/aromatic N) is 3. The molecule has 0 radical (unpaired) electrons. The Morgan fingerprint density at radius 3 is 2.70 bits per heavy atom. The summed E-state index contributed by atoms with van der Waals surface area (Å²) in [5.41, 5.74) is 7.61. The molecule has 3 aromatic rings. The predicted molar refractivity (Wildman–Crippen MR) is 104 cm³/mol. The number of pyridine rings is 1. The smallest absolute Gasteiger partial charge is 0.406 e. The Bertz CT molecular complexity index is 1010. The van der Waals surface area contributed by atoms with Gasteiger partial charge in [-0.3, -0.25) is 9.78 Å². The third-order valence-electron chi connectivity index (χ3n) is 3.97. The summed E-state index contributed by atoms with van der Waals surface area (Å²) < 4.78 is 41.3. The SMILES string of the molecule is CC(=O)NC(Cc1ccc(CN)cn1)c1nnc(-c2cccc(OC(F)(F)F)c2)s1. The first kappa shape index (κ1) is 21.7. The molecular weight excluding hydrogens is 419 g/mol. The summed E-state index contributed by atoms with van der Waals surface area (Å²) in [5.74, 6) is -0.602. The molecule has 0 saturated heterocycles. The van der Waals surface area contributed by atoms with E-state index >= 15 is 0 Å². The van der Waals surface area contributed by atoms with Crippen LogP contribution >= 0.6 is 11.3 Å². The van der Waals surface area contributed by atoms with Crippen LogP contribution in [0.2, 0.25) is 0 Å². The number of aromatic nitrogens is 3. The molecule has 30 heavy (non-hydrogen) atoms. The van der Waals surface area contributed by atoms with Gasteiger partial charge in [0.1, 0.15) is 15.8 Å². The molecule has 0 bridgehead atoms. The number of ether oxygens (including phenoxy) is 1. The van der Waals surface area contributed by atoms with Crippen LogP contribution in [0.3, 0.4) is 0 Å². The number of alkyl halides is 3. The van der Waals surface area contributed by atoms with E-state index in [-0.39, 0.29) is 11.7 Å². The van der Waals surface area contributed by atoms with Crippen LogP contribution in [0.15, 0.2) is 42.6 Å². The van der Waals surface area contributed by atoms with Crippen molar-refractivity contribution in [2.45, 2.75) is 32.3 Å². The zero-order chi connectivity index (χ0) is 21.7. The van der Waals surface area contributed by atoms with Gasteiger partial charge in [-0.2, -0.15) is 0 Å². The minimum atomic E-state index is -4.78. The zero-order valence-electron chi connectivity index (χ0n) is 15.8.